The first kappa shape index (κ1) is 16.5. The maximum atomic E-state index is 12.0. The summed E-state index contributed by atoms with van der Waals surface area (Å²) in [4.78, 5) is 26.3. The first-order valence-corrected chi connectivity index (χ1v) is 7.77. The van der Waals surface area contributed by atoms with Crippen LogP contribution in [-0.2, 0) is 16.6 Å². The fourth-order valence-corrected chi connectivity index (χ4v) is 2.96. The van der Waals surface area contributed by atoms with Crippen LogP contribution in [0.3, 0.4) is 0 Å². The number of hydrogen-bond acceptors (Lipinski definition) is 4. The van der Waals surface area contributed by atoms with Crippen LogP contribution in [0.1, 0.15) is 31.2 Å². The molecule has 1 aromatic rings. The van der Waals surface area contributed by atoms with Crippen LogP contribution in [0, 0.1) is 13.8 Å². The molecular formula is C15H25N5O2. The van der Waals surface area contributed by atoms with E-state index in [-0.39, 0.29) is 0 Å². The number of nitrogens with zero attached hydrogens (tertiary/aromatic N) is 3. The Morgan fingerprint density at radius 3 is 2.64 bits per heavy atom. The lowest BCUT2D eigenvalue weighted by atomic mass is 10.2. The van der Waals surface area contributed by atoms with Gasteiger partial charge >= 0.3 is 11.8 Å². The number of hydrogen-bond donors (Lipinski definition) is 2. The van der Waals surface area contributed by atoms with Gasteiger partial charge in [0.2, 0.25) is 0 Å². The first-order valence-electron chi connectivity index (χ1n) is 7.77. The summed E-state index contributed by atoms with van der Waals surface area (Å²) >= 11 is 0. The third kappa shape index (κ3) is 3.47. The second-order valence-electron chi connectivity index (χ2n) is 5.76. The molecule has 7 nitrogen and oxygen atoms in total. The number of likely N-dealkylation sites (N-methyl/N-ethyl adjacent to an activating group) is 1. The van der Waals surface area contributed by atoms with Gasteiger partial charge in [-0.3, -0.25) is 19.2 Å². The van der Waals surface area contributed by atoms with E-state index >= 15 is 0 Å². The quantitative estimate of drug-likeness (QED) is 0.797. The van der Waals surface area contributed by atoms with E-state index in [1.165, 1.54) is 0 Å². The summed E-state index contributed by atoms with van der Waals surface area (Å²) in [6.07, 6.45) is 2.21. The van der Waals surface area contributed by atoms with Crippen LogP contribution in [-0.4, -0.2) is 52.2 Å². The molecule has 1 atom stereocenters. The Morgan fingerprint density at radius 1 is 1.32 bits per heavy atom. The number of carbonyl (C=O) groups excluding carboxylic acids is 2. The minimum absolute atomic E-state index is 0.337. The minimum Gasteiger partial charge on any atom is -0.346 e. The average molecular weight is 307 g/mol. The van der Waals surface area contributed by atoms with Gasteiger partial charge < -0.3 is 10.6 Å². The number of rotatable bonds is 4. The molecule has 1 aliphatic rings. The molecule has 0 spiro atoms. The largest absolute Gasteiger partial charge is 0.346 e. The van der Waals surface area contributed by atoms with Crippen molar-refractivity contribution in [3.05, 3.63) is 11.4 Å². The molecule has 1 unspecified atom stereocenters. The molecule has 0 radical (unpaired) electrons. The van der Waals surface area contributed by atoms with Crippen molar-refractivity contribution in [1.82, 2.24) is 20.0 Å². The molecule has 2 N–H and O–H groups in total. The van der Waals surface area contributed by atoms with Gasteiger partial charge in [0.15, 0.2) is 0 Å². The number of carbonyl (C=O) groups is 2. The number of likely N-dealkylation sites (tertiary alicyclic amines) is 1. The molecule has 2 amide bonds. The highest BCUT2D eigenvalue weighted by Gasteiger charge is 2.25. The van der Waals surface area contributed by atoms with Crippen LogP contribution < -0.4 is 10.6 Å². The predicted molar refractivity (Wildman–Crippen MR) is 84.6 cm³/mol. The Labute approximate surface area is 131 Å². The van der Waals surface area contributed by atoms with Crippen molar-refractivity contribution in [2.75, 3.05) is 25.0 Å². The zero-order chi connectivity index (χ0) is 16.3. The van der Waals surface area contributed by atoms with Gasteiger partial charge in [-0.1, -0.05) is 6.92 Å². The lowest BCUT2D eigenvalue weighted by Crippen LogP contribution is -2.43. The second kappa shape index (κ2) is 6.91. The molecule has 0 bridgehead atoms. The Kier molecular flexibility index (Phi) is 5.18. The molecule has 0 aromatic carbocycles. The number of nitrogens with one attached hydrogen (secondary N) is 2. The summed E-state index contributed by atoms with van der Waals surface area (Å²) < 4.78 is 1.68. The van der Waals surface area contributed by atoms with E-state index in [1.807, 2.05) is 6.92 Å². The van der Waals surface area contributed by atoms with E-state index in [0.29, 0.717) is 24.0 Å². The Hall–Kier alpha value is -1.89. The summed E-state index contributed by atoms with van der Waals surface area (Å²) in [6.45, 7) is 8.33. The van der Waals surface area contributed by atoms with Gasteiger partial charge in [-0.05, 0) is 39.8 Å². The van der Waals surface area contributed by atoms with Gasteiger partial charge in [0.25, 0.3) is 0 Å². The standard InChI is InChI=1S/C15H25N5O2/c1-5-20-8-6-7-12(20)9-16-14(21)15(22)17-13-10(2)18-19(4)11(13)3/h12H,5-9H2,1-4H3,(H,16,21)(H,17,22). The summed E-state index contributed by atoms with van der Waals surface area (Å²) in [7, 11) is 1.80. The molecule has 1 aliphatic heterocycles. The van der Waals surface area contributed by atoms with Gasteiger partial charge in [-0.2, -0.15) is 5.10 Å². The van der Waals surface area contributed by atoms with E-state index in [4.69, 9.17) is 0 Å². The van der Waals surface area contributed by atoms with Gasteiger partial charge in [0, 0.05) is 19.6 Å². The molecule has 1 saturated heterocycles. The van der Waals surface area contributed by atoms with Gasteiger partial charge in [0.1, 0.15) is 0 Å². The Balaban J connectivity index is 1.88. The lowest BCUT2D eigenvalue weighted by molar-refractivity contribution is -0.136. The number of aromatic nitrogens is 2. The molecule has 122 valence electrons. The summed E-state index contributed by atoms with van der Waals surface area (Å²) in [6, 6.07) is 0.337. The highest BCUT2D eigenvalue weighted by Crippen LogP contribution is 2.18. The SMILES string of the molecule is CCN1CCCC1CNC(=O)C(=O)Nc1c(C)nn(C)c1C. The van der Waals surface area contributed by atoms with Crippen molar-refractivity contribution in [3.8, 4) is 0 Å². The molecular weight excluding hydrogens is 282 g/mol. The minimum atomic E-state index is -0.639. The van der Waals surface area contributed by atoms with Crippen LogP contribution in [0.25, 0.3) is 0 Å². The van der Waals surface area contributed by atoms with Crippen molar-refractivity contribution >= 4 is 17.5 Å². The van der Waals surface area contributed by atoms with Crippen molar-refractivity contribution < 1.29 is 9.59 Å². The highest BCUT2D eigenvalue weighted by atomic mass is 16.2. The molecule has 1 aromatic heterocycles. The fourth-order valence-electron chi connectivity index (χ4n) is 2.96. The molecule has 7 heteroatoms. The number of amides is 2. The lowest BCUT2D eigenvalue weighted by Gasteiger charge is -2.22. The third-order valence-corrected chi connectivity index (χ3v) is 4.36. The third-order valence-electron chi connectivity index (χ3n) is 4.36. The summed E-state index contributed by atoms with van der Waals surface area (Å²) in [5.41, 5.74) is 2.14. The maximum absolute atomic E-state index is 12.0. The zero-order valence-corrected chi connectivity index (χ0v) is 13.8. The summed E-state index contributed by atoms with van der Waals surface area (Å²) in [5, 5.41) is 9.60. The van der Waals surface area contributed by atoms with Gasteiger partial charge in [0.05, 0.1) is 17.1 Å². The Bertz CT molecular complexity index is 567. The maximum Gasteiger partial charge on any atom is 0.313 e. The van der Waals surface area contributed by atoms with E-state index in [2.05, 4.69) is 27.6 Å². The molecule has 0 aliphatic carbocycles. The van der Waals surface area contributed by atoms with Gasteiger partial charge in [-0.15, -0.1) is 0 Å². The van der Waals surface area contributed by atoms with Crippen LogP contribution in [0.5, 0.6) is 0 Å². The highest BCUT2D eigenvalue weighted by molar-refractivity contribution is 6.39. The Morgan fingerprint density at radius 2 is 2.05 bits per heavy atom. The van der Waals surface area contributed by atoms with Crippen molar-refractivity contribution in [1.29, 1.82) is 0 Å². The zero-order valence-electron chi connectivity index (χ0n) is 13.8. The van der Waals surface area contributed by atoms with Crippen molar-refractivity contribution in [2.24, 2.45) is 7.05 Å². The van der Waals surface area contributed by atoms with Crippen molar-refractivity contribution in [3.63, 3.8) is 0 Å². The fraction of sp³-hybridized carbons (Fsp3) is 0.667. The van der Waals surface area contributed by atoms with Crippen LogP contribution >= 0.6 is 0 Å². The normalized spacial score (nSPS) is 18.5. The smallest absolute Gasteiger partial charge is 0.313 e. The number of anilines is 1. The van der Waals surface area contributed by atoms with E-state index in [1.54, 1.807) is 18.7 Å². The molecule has 22 heavy (non-hydrogen) atoms. The van der Waals surface area contributed by atoms with E-state index in [9.17, 15) is 9.59 Å². The van der Waals surface area contributed by atoms with E-state index in [0.717, 1.165) is 31.6 Å². The van der Waals surface area contributed by atoms with E-state index < -0.39 is 11.8 Å². The molecule has 1 fully saturated rings. The topological polar surface area (TPSA) is 79.3 Å². The van der Waals surface area contributed by atoms with Gasteiger partial charge in [-0.25, -0.2) is 0 Å². The number of aryl methyl sites for hydroxylation is 2. The average Bonchev–Trinajstić information content (AvgIpc) is 3.04. The van der Waals surface area contributed by atoms with Crippen LogP contribution in [0.2, 0.25) is 0 Å². The summed E-state index contributed by atoms with van der Waals surface area (Å²) in [5.74, 6) is -1.23. The molecule has 2 rings (SSSR count). The predicted octanol–water partition coefficient (Wildman–Crippen LogP) is 0.576. The molecule has 2 heterocycles. The second-order valence-corrected chi connectivity index (χ2v) is 5.76. The van der Waals surface area contributed by atoms with Crippen LogP contribution in [0.15, 0.2) is 0 Å². The van der Waals surface area contributed by atoms with Crippen LogP contribution in [0.4, 0.5) is 5.69 Å². The van der Waals surface area contributed by atoms with Crippen molar-refractivity contribution in [2.45, 2.75) is 39.7 Å². The molecule has 0 saturated carbocycles. The monoisotopic (exact) mass is 307 g/mol. The first-order chi connectivity index (χ1) is 10.4.